The molecule has 0 spiro atoms. The first kappa shape index (κ1) is 15.5. The smallest absolute Gasteiger partial charge is 0.292 e. The van der Waals surface area contributed by atoms with Crippen LogP contribution in [0.4, 0.5) is 11.4 Å². The minimum Gasteiger partial charge on any atom is -0.379 e. The van der Waals surface area contributed by atoms with E-state index in [-0.39, 0.29) is 11.6 Å². The third-order valence-corrected chi connectivity index (χ3v) is 2.75. The number of carbonyl (C=O) groups is 1. The second-order valence-electron chi connectivity index (χ2n) is 4.16. The zero-order chi connectivity index (χ0) is 15.0. The molecule has 1 rings (SSSR count). The molecule has 0 atom stereocenters. The Kier molecular flexibility index (Phi) is 6.04. The number of carbonyl (C=O) groups excluding carboxylic acids is 1. The number of benzene rings is 1. The van der Waals surface area contributed by atoms with E-state index in [0.29, 0.717) is 24.2 Å². The fourth-order valence-electron chi connectivity index (χ4n) is 1.70. The molecule has 6 nitrogen and oxygen atoms in total. The van der Waals surface area contributed by atoms with Crippen molar-refractivity contribution < 1.29 is 9.72 Å². The topological polar surface area (TPSA) is 84.3 Å². The summed E-state index contributed by atoms with van der Waals surface area (Å²) in [4.78, 5) is 22.0. The number of rotatable bonds is 7. The summed E-state index contributed by atoms with van der Waals surface area (Å²) in [5.41, 5.74) is 0.677. The summed E-state index contributed by atoms with van der Waals surface area (Å²) in [6.45, 7) is 0.569. The van der Waals surface area contributed by atoms with Gasteiger partial charge in [-0.2, -0.15) is 0 Å². The minimum atomic E-state index is -0.475. The lowest BCUT2D eigenvalue weighted by Gasteiger charge is -2.08. The van der Waals surface area contributed by atoms with Crippen molar-refractivity contribution >= 4 is 17.3 Å². The Bertz CT molecular complexity index is 535. The molecule has 0 aromatic heterocycles. The van der Waals surface area contributed by atoms with Crippen molar-refractivity contribution in [3.8, 4) is 12.3 Å². The van der Waals surface area contributed by atoms with Crippen molar-refractivity contribution in [2.24, 2.45) is 0 Å². The standard InChI is InChI=1S/C14H17N3O3/c1-3-4-5-6-9-16-12-10-11(14(18)15-2)7-8-13(12)17(19)20/h1,7-8,10,16H,4-6,9H2,2H3,(H,15,18). The molecule has 1 aromatic carbocycles. The average molecular weight is 275 g/mol. The van der Waals surface area contributed by atoms with E-state index in [1.54, 1.807) is 0 Å². The van der Waals surface area contributed by atoms with Crippen molar-refractivity contribution in [1.29, 1.82) is 0 Å². The highest BCUT2D eigenvalue weighted by Crippen LogP contribution is 2.25. The van der Waals surface area contributed by atoms with Gasteiger partial charge in [0, 0.05) is 31.6 Å². The fourth-order valence-corrected chi connectivity index (χ4v) is 1.70. The van der Waals surface area contributed by atoms with Gasteiger partial charge in [0.05, 0.1) is 4.92 Å². The lowest BCUT2D eigenvalue weighted by atomic mass is 10.1. The molecule has 0 aliphatic carbocycles. The second kappa shape index (κ2) is 7.79. The van der Waals surface area contributed by atoms with Crippen molar-refractivity contribution in [2.75, 3.05) is 18.9 Å². The van der Waals surface area contributed by atoms with E-state index < -0.39 is 4.92 Å². The molecule has 0 saturated heterocycles. The van der Waals surface area contributed by atoms with E-state index in [0.717, 1.165) is 12.8 Å². The molecule has 20 heavy (non-hydrogen) atoms. The highest BCUT2D eigenvalue weighted by Gasteiger charge is 2.15. The van der Waals surface area contributed by atoms with Crippen LogP contribution < -0.4 is 10.6 Å². The maximum Gasteiger partial charge on any atom is 0.292 e. The molecule has 0 aliphatic heterocycles. The summed E-state index contributed by atoms with van der Waals surface area (Å²) in [5.74, 6) is 2.26. The first-order valence-electron chi connectivity index (χ1n) is 6.28. The van der Waals surface area contributed by atoms with Crippen LogP contribution in [0.2, 0.25) is 0 Å². The lowest BCUT2D eigenvalue weighted by Crippen LogP contribution is -2.18. The van der Waals surface area contributed by atoms with Gasteiger partial charge in [-0.05, 0) is 25.0 Å². The van der Waals surface area contributed by atoms with Crippen LogP contribution >= 0.6 is 0 Å². The molecular formula is C14H17N3O3. The molecule has 0 heterocycles. The second-order valence-corrected chi connectivity index (χ2v) is 4.16. The number of terminal acetylenes is 1. The van der Waals surface area contributed by atoms with E-state index in [4.69, 9.17) is 6.42 Å². The summed E-state index contributed by atoms with van der Waals surface area (Å²) >= 11 is 0. The summed E-state index contributed by atoms with van der Waals surface area (Å²) in [5, 5.41) is 16.4. The van der Waals surface area contributed by atoms with Crippen molar-refractivity contribution in [3.05, 3.63) is 33.9 Å². The van der Waals surface area contributed by atoms with Gasteiger partial charge in [0.25, 0.3) is 11.6 Å². The first-order valence-corrected chi connectivity index (χ1v) is 6.28. The normalized spacial score (nSPS) is 9.60. The van der Waals surface area contributed by atoms with Crippen LogP contribution in [-0.2, 0) is 0 Å². The van der Waals surface area contributed by atoms with Crippen molar-refractivity contribution in [2.45, 2.75) is 19.3 Å². The summed E-state index contributed by atoms with van der Waals surface area (Å²) in [6.07, 6.45) is 7.50. The van der Waals surface area contributed by atoms with Crippen LogP contribution in [0.5, 0.6) is 0 Å². The average Bonchev–Trinajstić information content (AvgIpc) is 2.45. The van der Waals surface area contributed by atoms with Crippen LogP contribution in [0.1, 0.15) is 29.6 Å². The Hall–Kier alpha value is -2.55. The van der Waals surface area contributed by atoms with Gasteiger partial charge in [0.1, 0.15) is 5.69 Å². The predicted octanol–water partition coefficient (Wildman–Crippen LogP) is 2.17. The van der Waals surface area contributed by atoms with Gasteiger partial charge in [0.15, 0.2) is 0 Å². The minimum absolute atomic E-state index is 0.0467. The molecule has 1 aromatic rings. The van der Waals surface area contributed by atoms with E-state index in [1.807, 2.05) is 0 Å². The maximum atomic E-state index is 11.5. The number of unbranched alkanes of at least 4 members (excludes halogenated alkanes) is 2. The summed E-state index contributed by atoms with van der Waals surface area (Å²) < 4.78 is 0. The van der Waals surface area contributed by atoms with Crippen LogP contribution in [0, 0.1) is 22.5 Å². The molecule has 6 heteroatoms. The van der Waals surface area contributed by atoms with E-state index in [9.17, 15) is 14.9 Å². The third-order valence-electron chi connectivity index (χ3n) is 2.75. The molecule has 0 saturated carbocycles. The van der Waals surface area contributed by atoms with E-state index in [1.165, 1.54) is 25.2 Å². The zero-order valence-corrected chi connectivity index (χ0v) is 11.3. The Labute approximate surface area is 117 Å². The first-order chi connectivity index (χ1) is 9.60. The van der Waals surface area contributed by atoms with Crippen LogP contribution in [0.3, 0.4) is 0 Å². The Morgan fingerprint density at radius 3 is 2.80 bits per heavy atom. The summed E-state index contributed by atoms with van der Waals surface area (Å²) in [7, 11) is 1.51. The van der Waals surface area contributed by atoms with Crippen molar-refractivity contribution in [1.82, 2.24) is 5.32 Å². The van der Waals surface area contributed by atoms with Crippen LogP contribution in [0.15, 0.2) is 18.2 Å². The quantitative estimate of drug-likeness (QED) is 0.346. The third kappa shape index (κ3) is 4.28. The number of nitrogens with zero attached hydrogens (tertiary/aromatic N) is 1. The molecular weight excluding hydrogens is 258 g/mol. The predicted molar refractivity (Wildman–Crippen MR) is 77.7 cm³/mol. The molecule has 0 unspecified atom stereocenters. The monoisotopic (exact) mass is 275 g/mol. The lowest BCUT2D eigenvalue weighted by molar-refractivity contribution is -0.384. The number of nitro groups is 1. The highest BCUT2D eigenvalue weighted by molar-refractivity contribution is 5.95. The molecule has 106 valence electrons. The Morgan fingerprint density at radius 1 is 1.45 bits per heavy atom. The molecule has 0 bridgehead atoms. The zero-order valence-electron chi connectivity index (χ0n) is 11.3. The SMILES string of the molecule is C#CCCCCNc1cc(C(=O)NC)ccc1[N+](=O)[O-]. The number of anilines is 1. The number of amides is 1. The molecule has 2 N–H and O–H groups in total. The van der Waals surface area contributed by atoms with Gasteiger partial charge in [-0.25, -0.2) is 0 Å². The van der Waals surface area contributed by atoms with Gasteiger partial charge < -0.3 is 10.6 Å². The summed E-state index contributed by atoms with van der Waals surface area (Å²) in [6, 6.07) is 4.24. The largest absolute Gasteiger partial charge is 0.379 e. The molecule has 0 radical (unpaired) electrons. The Balaban J connectivity index is 2.81. The van der Waals surface area contributed by atoms with Gasteiger partial charge >= 0.3 is 0 Å². The van der Waals surface area contributed by atoms with Gasteiger partial charge in [-0.1, -0.05) is 0 Å². The Morgan fingerprint density at radius 2 is 2.20 bits per heavy atom. The maximum absolute atomic E-state index is 11.5. The number of hydrogen-bond donors (Lipinski definition) is 2. The molecule has 0 fully saturated rings. The van der Waals surface area contributed by atoms with Crippen molar-refractivity contribution in [3.63, 3.8) is 0 Å². The fraction of sp³-hybridized carbons (Fsp3) is 0.357. The van der Waals surface area contributed by atoms with E-state index in [2.05, 4.69) is 16.6 Å². The van der Waals surface area contributed by atoms with Crippen LogP contribution in [0.25, 0.3) is 0 Å². The highest BCUT2D eigenvalue weighted by atomic mass is 16.6. The number of nitro benzene ring substituents is 1. The van der Waals surface area contributed by atoms with Gasteiger partial charge in [0.2, 0.25) is 0 Å². The molecule has 1 amide bonds. The van der Waals surface area contributed by atoms with Gasteiger partial charge in [-0.15, -0.1) is 12.3 Å². The van der Waals surface area contributed by atoms with E-state index >= 15 is 0 Å². The van der Waals surface area contributed by atoms with Crippen LogP contribution in [-0.4, -0.2) is 24.4 Å². The number of nitrogens with one attached hydrogen (secondary N) is 2. The number of hydrogen-bond acceptors (Lipinski definition) is 4. The molecule has 0 aliphatic rings. The van der Waals surface area contributed by atoms with Gasteiger partial charge in [-0.3, -0.25) is 14.9 Å².